The smallest absolute Gasteiger partial charge is 0.410 e. The van der Waals surface area contributed by atoms with Crippen LogP contribution in [0.2, 0.25) is 0 Å². The third-order valence-electron chi connectivity index (χ3n) is 2.30. The highest BCUT2D eigenvalue weighted by Gasteiger charge is 2.22. The van der Waals surface area contributed by atoms with Gasteiger partial charge in [0.2, 0.25) is 0 Å². The van der Waals surface area contributed by atoms with Gasteiger partial charge in [0.25, 0.3) is 0 Å². The Kier molecular flexibility index (Phi) is 2.71. The number of cyclic esters (lactones) is 1. The number of ether oxygens (including phenoxy) is 1. The van der Waals surface area contributed by atoms with Crippen molar-refractivity contribution in [3.8, 4) is 0 Å². The van der Waals surface area contributed by atoms with Crippen molar-refractivity contribution in [1.29, 1.82) is 0 Å². The zero-order valence-corrected chi connectivity index (χ0v) is 8.56. The van der Waals surface area contributed by atoms with E-state index in [2.05, 4.69) is 10.3 Å². The summed E-state index contributed by atoms with van der Waals surface area (Å²) in [5.74, 6) is 0. The summed E-state index contributed by atoms with van der Waals surface area (Å²) in [4.78, 5) is 17.0. The van der Waals surface area contributed by atoms with Crippen LogP contribution >= 0.6 is 0 Å². The lowest BCUT2D eigenvalue weighted by Gasteiger charge is -2.12. The minimum atomic E-state index is -0.258. The molecule has 1 aliphatic rings. The maximum absolute atomic E-state index is 11.2. The van der Waals surface area contributed by atoms with Gasteiger partial charge in [-0.05, 0) is 12.1 Å². The van der Waals surface area contributed by atoms with E-state index in [1.807, 2.05) is 19.2 Å². The highest BCUT2D eigenvalue weighted by atomic mass is 16.6. The molecule has 1 fully saturated rings. The Morgan fingerprint density at radius 1 is 1.67 bits per heavy atom. The minimum absolute atomic E-state index is 0.258. The zero-order chi connectivity index (χ0) is 10.7. The number of nitrogens with one attached hydrogen (secondary N) is 1. The summed E-state index contributed by atoms with van der Waals surface area (Å²) >= 11 is 0. The van der Waals surface area contributed by atoms with Crippen molar-refractivity contribution in [3.05, 3.63) is 24.0 Å². The van der Waals surface area contributed by atoms with E-state index in [1.54, 1.807) is 11.1 Å². The number of pyridine rings is 1. The normalized spacial score (nSPS) is 15.3. The second-order valence-electron chi connectivity index (χ2n) is 3.32. The number of nitrogens with zero attached hydrogens (tertiary/aromatic N) is 2. The fourth-order valence-electron chi connectivity index (χ4n) is 1.49. The van der Waals surface area contributed by atoms with Crippen molar-refractivity contribution in [1.82, 2.24) is 9.88 Å². The minimum Gasteiger partial charge on any atom is -0.448 e. The number of carbonyl (C=O) groups excluding carboxylic acids is 1. The molecule has 1 aliphatic heterocycles. The van der Waals surface area contributed by atoms with Gasteiger partial charge in [-0.3, -0.25) is 9.88 Å². The highest BCUT2D eigenvalue weighted by molar-refractivity contribution is 5.69. The van der Waals surface area contributed by atoms with Crippen LogP contribution in [0.25, 0.3) is 0 Å². The topological polar surface area (TPSA) is 54.5 Å². The summed E-state index contributed by atoms with van der Waals surface area (Å²) in [6, 6.07) is 3.80. The number of anilines is 1. The lowest BCUT2D eigenvalue weighted by Crippen LogP contribution is -2.24. The molecule has 1 saturated heterocycles. The number of amides is 1. The van der Waals surface area contributed by atoms with Crippen LogP contribution in [0.4, 0.5) is 10.5 Å². The highest BCUT2D eigenvalue weighted by Crippen LogP contribution is 2.12. The van der Waals surface area contributed by atoms with E-state index >= 15 is 0 Å². The molecular formula is C10H13N3O2. The first-order valence-corrected chi connectivity index (χ1v) is 4.84. The molecule has 0 unspecified atom stereocenters. The van der Waals surface area contributed by atoms with Gasteiger partial charge in [-0.25, -0.2) is 4.79 Å². The first-order chi connectivity index (χ1) is 7.29. The second kappa shape index (κ2) is 4.16. The molecule has 0 aliphatic carbocycles. The van der Waals surface area contributed by atoms with Gasteiger partial charge in [0, 0.05) is 18.9 Å². The van der Waals surface area contributed by atoms with Gasteiger partial charge < -0.3 is 10.1 Å². The van der Waals surface area contributed by atoms with Gasteiger partial charge in [0.05, 0.1) is 18.8 Å². The molecule has 0 spiro atoms. The first-order valence-electron chi connectivity index (χ1n) is 4.84. The quantitative estimate of drug-likeness (QED) is 0.805. The molecule has 2 rings (SSSR count). The Morgan fingerprint density at radius 2 is 2.53 bits per heavy atom. The molecule has 15 heavy (non-hydrogen) atoms. The molecule has 1 aromatic heterocycles. The monoisotopic (exact) mass is 207 g/mol. The maximum atomic E-state index is 11.2. The van der Waals surface area contributed by atoms with Crippen molar-refractivity contribution >= 4 is 11.8 Å². The van der Waals surface area contributed by atoms with Crippen LogP contribution in [0.5, 0.6) is 0 Å². The number of hydrogen-bond acceptors (Lipinski definition) is 4. The molecule has 0 aromatic carbocycles. The second-order valence-corrected chi connectivity index (χ2v) is 3.32. The molecule has 0 radical (unpaired) electrons. The Labute approximate surface area is 88.1 Å². The first kappa shape index (κ1) is 9.76. The Balaban J connectivity index is 2.06. The van der Waals surface area contributed by atoms with Crippen LogP contribution in [-0.2, 0) is 11.3 Å². The molecule has 1 aromatic rings. The molecule has 1 amide bonds. The molecular weight excluding hydrogens is 194 g/mol. The van der Waals surface area contributed by atoms with E-state index in [9.17, 15) is 4.79 Å². The third kappa shape index (κ3) is 2.18. The fraction of sp³-hybridized carbons (Fsp3) is 0.400. The van der Waals surface area contributed by atoms with Crippen LogP contribution in [0.15, 0.2) is 18.3 Å². The predicted octanol–water partition coefficient (Wildman–Crippen LogP) is 1.08. The van der Waals surface area contributed by atoms with Gasteiger partial charge in [0.15, 0.2) is 0 Å². The van der Waals surface area contributed by atoms with Gasteiger partial charge in [-0.1, -0.05) is 0 Å². The molecule has 5 heteroatoms. The fourth-order valence-corrected chi connectivity index (χ4v) is 1.49. The molecule has 1 N–H and O–H groups in total. The van der Waals surface area contributed by atoms with Crippen LogP contribution in [0.3, 0.4) is 0 Å². The van der Waals surface area contributed by atoms with Crippen LogP contribution < -0.4 is 5.32 Å². The van der Waals surface area contributed by atoms with Crippen LogP contribution in [-0.4, -0.2) is 36.2 Å². The summed E-state index contributed by atoms with van der Waals surface area (Å²) in [6.45, 7) is 1.63. The number of hydrogen-bond donors (Lipinski definition) is 1. The molecule has 5 nitrogen and oxygen atoms in total. The molecule has 0 saturated carbocycles. The SMILES string of the molecule is CNc1ccnc(CN2CCOC2=O)c1. The van der Waals surface area contributed by atoms with Gasteiger partial charge in [0.1, 0.15) is 6.61 Å². The molecule has 2 heterocycles. The Hall–Kier alpha value is -1.78. The Morgan fingerprint density at radius 3 is 3.20 bits per heavy atom. The van der Waals surface area contributed by atoms with E-state index in [0.717, 1.165) is 11.4 Å². The standard InChI is InChI=1S/C10H13N3O2/c1-11-8-2-3-12-9(6-8)7-13-4-5-15-10(13)14/h2-3,6H,4-5,7H2,1H3,(H,11,12). The van der Waals surface area contributed by atoms with Crippen molar-refractivity contribution in [3.63, 3.8) is 0 Å². The summed E-state index contributed by atoms with van der Waals surface area (Å²) in [5.41, 5.74) is 1.85. The maximum Gasteiger partial charge on any atom is 0.410 e. The van der Waals surface area contributed by atoms with E-state index < -0.39 is 0 Å². The van der Waals surface area contributed by atoms with Crippen LogP contribution in [0.1, 0.15) is 5.69 Å². The largest absolute Gasteiger partial charge is 0.448 e. The average molecular weight is 207 g/mol. The van der Waals surface area contributed by atoms with Gasteiger partial charge in [-0.2, -0.15) is 0 Å². The summed E-state index contributed by atoms with van der Waals surface area (Å²) < 4.78 is 4.84. The van der Waals surface area contributed by atoms with E-state index in [0.29, 0.717) is 19.7 Å². The molecule has 0 atom stereocenters. The Bertz CT molecular complexity index is 367. The third-order valence-corrected chi connectivity index (χ3v) is 2.30. The van der Waals surface area contributed by atoms with Gasteiger partial charge in [-0.15, -0.1) is 0 Å². The zero-order valence-electron chi connectivity index (χ0n) is 8.56. The summed E-state index contributed by atoms with van der Waals surface area (Å²) in [5, 5.41) is 3.03. The van der Waals surface area contributed by atoms with Crippen molar-refractivity contribution in [2.45, 2.75) is 6.54 Å². The number of rotatable bonds is 3. The predicted molar refractivity (Wildman–Crippen MR) is 55.5 cm³/mol. The summed E-state index contributed by atoms with van der Waals surface area (Å²) in [6.07, 6.45) is 1.47. The van der Waals surface area contributed by atoms with E-state index in [4.69, 9.17) is 4.74 Å². The lowest BCUT2D eigenvalue weighted by molar-refractivity contribution is 0.157. The number of aromatic nitrogens is 1. The average Bonchev–Trinajstić information content (AvgIpc) is 2.65. The molecule has 0 bridgehead atoms. The van der Waals surface area contributed by atoms with Gasteiger partial charge >= 0.3 is 6.09 Å². The van der Waals surface area contributed by atoms with E-state index in [1.165, 1.54) is 0 Å². The molecule has 80 valence electrons. The van der Waals surface area contributed by atoms with Crippen molar-refractivity contribution < 1.29 is 9.53 Å². The summed E-state index contributed by atoms with van der Waals surface area (Å²) in [7, 11) is 1.85. The van der Waals surface area contributed by atoms with Crippen LogP contribution in [0, 0.1) is 0 Å². The van der Waals surface area contributed by atoms with E-state index in [-0.39, 0.29) is 6.09 Å². The number of carbonyl (C=O) groups is 1. The lowest BCUT2D eigenvalue weighted by atomic mass is 10.3. The van der Waals surface area contributed by atoms with Crippen molar-refractivity contribution in [2.75, 3.05) is 25.5 Å². The van der Waals surface area contributed by atoms with Crippen molar-refractivity contribution in [2.24, 2.45) is 0 Å².